The molecule has 1 aliphatic heterocycles. The first-order valence-corrected chi connectivity index (χ1v) is 8.92. The Balaban J connectivity index is 2.60. The van der Waals surface area contributed by atoms with E-state index >= 15 is 0 Å². The van der Waals surface area contributed by atoms with Gasteiger partial charge in [0.25, 0.3) is 0 Å². The molecular formula is C13H26N2O3S. The lowest BCUT2D eigenvalue weighted by molar-refractivity contribution is -0.133. The van der Waals surface area contributed by atoms with Crippen LogP contribution in [0.2, 0.25) is 0 Å². The summed E-state index contributed by atoms with van der Waals surface area (Å²) >= 11 is 0. The predicted octanol–water partition coefficient (Wildman–Crippen LogP) is 1.31. The van der Waals surface area contributed by atoms with Crippen LogP contribution in [-0.2, 0) is 14.8 Å². The summed E-state index contributed by atoms with van der Waals surface area (Å²) in [5.41, 5.74) is 0. The van der Waals surface area contributed by atoms with E-state index in [1.54, 1.807) is 4.90 Å². The number of rotatable bonds is 6. The molecule has 1 heterocycles. The zero-order valence-corrected chi connectivity index (χ0v) is 13.1. The maximum atomic E-state index is 12.2. The molecule has 1 aliphatic rings. The molecule has 0 N–H and O–H groups in total. The molecule has 1 saturated heterocycles. The smallest absolute Gasteiger partial charge is 0.237 e. The lowest BCUT2D eigenvalue weighted by atomic mass is 10.0. The Kier molecular flexibility index (Phi) is 6.26. The van der Waals surface area contributed by atoms with Crippen molar-refractivity contribution >= 4 is 15.9 Å². The summed E-state index contributed by atoms with van der Waals surface area (Å²) in [5.74, 6) is 0.452. The standard InChI is InChI=1S/C13H26N2O3S/c1-4-5-9-15(19(3,17)18)11-13(16)14-8-6-7-12(2)10-14/h12H,4-11H2,1-3H3. The SMILES string of the molecule is CCCCN(CC(=O)N1CCCC(C)C1)S(C)(=O)=O. The average Bonchev–Trinajstić information content (AvgIpc) is 2.32. The number of hydrogen-bond donors (Lipinski definition) is 0. The number of carbonyl (C=O) groups is 1. The highest BCUT2D eigenvalue weighted by Crippen LogP contribution is 2.16. The summed E-state index contributed by atoms with van der Waals surface area (Å²) in [4.78, 5) is 14.0. The molecule has 1 rings (SSSR count). The van der Waals surface area contributed by atoms with Gasteiger partial charge in [0.2, 0.25) is 15.9 Å². The van der Waals surface area contributed by atoms with E-state index in [9.17, 15) is 13.2 Å². The minimum absolute atomic E-state index is 0.00838. The number of hydrogen-bond acceptors (Lipinski definition) is 3. The molecular weight excluding hydrogens is 264 g/mol. The number of likely N-dealkylation sites (tertiary alicyclic amines) is 1. The first-order valence-electron chi connectivity index (χ1n) is 7.07. The van der Waals surface area contributed by atoms with Crippen molar-refractivity contribution in [2.75, 3.05) is 32.4 Å². The topological polar surface area (TPSA) is 57.7 Å². The van der Waals surface area contributed by atoms with E-state index in [4.69, 9.17) is 0 Å². The fourth-order valence-electron chi connectivity index (χ4n) is 2.36. The van der Waals surface area contributed by atoms with Crippen LogP contribution in [0.3, 0.4) is 0 Å². The van der Waals surface area contributed by atoms with E-state index in [0.29, 0.717) is 12.5 Å². The second-order valence-corrected chi connectivity index (χ2v) is 7.52. The molecule has 0 aromatic carbocycles. The van der Waals surface area contributed by atoms with Gasteiger partial charge in [-0.2, -0.15) is 4.31 Å². The molecule has 19 heavy (non-hydrogen) atoms. The fraction of sp³-hybridized carbons (Fsp3) is 0.923. The van der Waals surface area contributed by atoms with Crippen molar-refractivity contribution in [1.82, 2.24) is 9.21 Å². The van der Waals surface area contributed by atoms with Crippen LogP contribution >= 0.6 is 0 Å². The third kappa shape index (κ3) is 5.48. The third-order valence-corrected chi connectivity index (χ3v) is 4.80. The van der Waals surface area contributed by atoms with E-state index in [2.05, 4.69) is 6.92 Å². The minimum atomic E-state index is -3.30. The summed E-state index contributed by atoms with van der Waals surface area (Å²) in [6.07, 6.45) is 5.04. The van der Waals surface area contributed by atoms with Gasteiger partial charge >= 0.3 is 0 Å². The van der Waals surface area contributed by atoms with Crippen molar-refractivity contribution in [3.05, 3.63) is 0 Å². The van der Waals surface area contributed by atoms with Crippen LogP contribution in [-0.4, -0.2) is 56.0 Å². The maximum Gasteiger partial charge on any atom is 0.237 e. The minimum Gasteiger partial charge on any atom is -0.341 e. The predicted molar refractivity (Wildman–Crippen MR) is 76.3 cm³/mol. The van der Waals surface area contributed by atoms with Gasteiger partial charge in [-0.1, -0.05) is 20.3 Å². The molecule has 1 atom stereocenters. The number of unbranched alkanes of at least 4 members (excludes halogenated alkanes) is 1. The number of carbonyl (C=O) groups excluding carboxylic acids is 1. The zero-order chi connectivity index (χ0) is 14.5. The molecule has 6 heteroatoms. The van der Waals surface area contributed by atoms with Gasteiger partial charge in [-0.3, -0.25) is 4.79 Å². The van der Waals surface area contributed by atoms with Crippen molar-refractivity contribution in [2.24, 2.45) is 5.92 Å². The van der Waals surface area contributed by atoms with Crippen LogP contribution in [0.25, 0.3) is 0 Å². The molecule has 1 amide bonds. The highest BCUT2D eigenvalue weighted by molar-refractivity contribution is 7.88. The van der Waals surface area contributed by atoms with E-state index in [-0.39, 0.29) is 12.5 Å². The van der Waals surface area contributed by atoms with Crippen LogP contribution in [0, 0.1) is 5.92 Å². The molecule has 0 aromatic heterocycles. The van der Waals surface area contributed by atoms with Crippen molar-refractivity contribution in [1.29, 1.82) is 0 Å². The summed E-state index contributed by atoms with van der Waals surface area (Å²) in [5, 5.41) is 0. The Morgan fingerprint density at radius 3 is 2.63 bits per heavy atom. The molecule has 0 aromatic rings. The van der Waals surface area contributed by atoms with Crippen LogP contribution in [0.5, 0.6) is 0 Å². The van der Waals surface area contributed by atoms with Crippen LogP contribution < -0.4 is 0 Å². The normalized spacial score (nSPS) is 20.8. The molecule has 0 radical (unpaired) electrons. The van der Waals surface area contributed by atoms with Gasteiger partial charge < -0.3 is 4.90 Å². The number of nitrogens with zero attached hydrogens (tertiary/aromatic N) is 2. The Morgan fingerprint density at radius 1 is 1.42 bits per heavy atom. The van der Waals surface area contributed by atoms with Crippen LogP contribution in [0.4, 0.5) is 0 Å². The Bertz CT molecular complexity index is 395. The second kappa shape index (κ2) is 7.24. The molecule has 0 saturated carbocycles. The monoisotopic (exact) mass is 290 g/mol. The first kappa shape index (κ1) is 16.4. The van der Waals surface area contributed by atoms with Gasteiger partial charge in [0.15, 0.2) is 0 Å². The van der Waals surface area contributed by atoms with Crippen molar-refractivity contribution in [3.63, 3.8) is 0 Å². The number of piperidine rings is 1. The van der Waals surface area contributed by atoms with Gasteiger partial charge in [-0.05, 0) is 25.2 Å². The Hall–Kier alpha value is -0.620. The Labute approximate surface area is 117 Å². The fourth-order valence-corrected chi connectivity index (χ4v) is 3.17. The Morgan fingerprint density at radius 2 is 2.11 bits per heavy atom. The van der Waals surface area contributed by atoms with Gasteiger partial charge in [0, 0.05) is 19.6 Å². The third-order valence-electron chi connectivity index (χ3n) is 3.55. The van der Waals surface area contributed by atoms with Crippen LogP contribution in [0.15, 0.2) is 0 Å². The molecule has 0 bridgehead atoms. The van der Waals surface area contributed by atoms with E-state index in [1.807, 2.05) is 6.92 Å². The summed E-state index contributed by atoms with van der Waals surface area (Å²) < 4.78 is 24.7. The zero-order valence-electron chi connectivity index (χ0n) is 12.3. The van der Waals surface area contributed by atoms with Gasteiger partial charge in [0.1, 0.15) is 0 Å². The number of sulfonamides is 1. The quantitative estimate of drug-likeness (QED) is 0.741. The molecule has 112 valence electrons. The van der Waals surface area contributed by atoms with Gasteiger partial charge in [0.05, 0.1) is 12.8 Å². The van der Waals surface area contributed by atoms with E-state index < -0.39 is 10.0 Å². The molecule has 1 fully saturated rings. The number of amides is 1. The molecule has 0 spiro atoms. The van der Waals surface area contributed by atoms with Gasteiger partial charge in [-0.25, -0.2) is 8.42 Å². The highest BCUT2D eigenvalue weighted by Gasteiger charge is 2.25. The average molecular weight is 290 g/mol. The van der Waals surface area contributed by atoms with Crippen molar-refractivity contribution in [2.45, 2.75) is 39.5 Å². The second-order valence-electron chi connectivity index (χ2n) is 5.54. The van der Waals surface area contributed by atoms with Gasteiger partial charge in [-0.15, -0.1) is 0 Å². The largest absolute Gasteiger partial charge is 0.341 e. The summed E-state index contributed by atoms with van der Waals surface area (Å²) in [6, 6.07) is 0. The van der Waals surface area contributed by atoms with E-state index in [1.165, 1.54) is 10.6 Å². The van der Waals surface area contributed by atoms with E-state index in [0.717, 1.165) is 38.8 Å². The molecule has 5 nitrogen and oxygen atoms in total. The maximum absolute atomic E-state index is 12.2. The summed E-state index contributed by atoms with van der Waals surface area (Å²) in [6.45, 7) is 6.08. The van der Waals surface area contributed by atoms with Crippen molar-refractivity contribution in [3.8, 4) is 0 Å². The first-order chi connectivity index (χ1) is 8.84. The van der Waals surface area contributed by atoms with Crippen molar-refractivity contribution < 1.29 is 13.2 Å². The lowest BCUT2D eigenvalue weighted by Gasteiger charge is -2.32. The molecule has 0 aliphatic carbocycles. The van der Waals surface area contributed by atoms with Crippen LogP contribution in [0.1, 0.15) is 39.5 Å². The highest BCUT2D eigenvalue weighted by atomic mass is 32.2. The lowest BCUT2D eigenvalue weighted by Crippen LogP contribution is -2.46. The molecule has 1 unspecified atom stereocenters. The summed E-state index contributed by atoms with van der Waals surface area (Å²) in [7, 11) is -3.30.